The summed E-state index contributed by atoms with van der Waals surface area (Å²) in [5, 5.41) is 0. The molecule has 0 atom stereocenters. The molecule has 0 rings (SSSR count). The largest absolute Gasteiger partial charge is 0.462 e. The molecule has 4 nitrogen and oxygen atoms in total. The van der Waals surface area contributed by atoms with Crippen LogP contribution in [-0.2, 0) is 19.1 Å². The van der Waals surface area contributed by atoms with Crippen LogP contribution in [0.5, 0.6) is 0 Å². The van der Waals surface area contributed by atoms with E-state index in [4.69, 9.17) is 9.47 Å². The van der Waals surface area contributed by atoms with Crippen molar-refractivity contribution < 1.29 is 19.1 Å². The van der Waals surface area contributed by atoms with Gasteiger partial charge >= 0.3 is 11.9 Å². The predicted molar refractivity (Wildman–Crippen MR) is 93.1 cm³/mol. The van der Waals surface area contributed by atoms with Crippen LogP contribution in [0.3, 0.4) is 0 Å². The molecule has 0 aliphatic carbocycles. The quantitative estimate of drug-likeness (QED) is 0.314. The van der Waals surface area contributed by atoms with Crippen LogP contribution in [0.25, 0.3) is 0 Å². The molecule has 0 saturated carbocycles. The molecule has 0 heterocycles. The van der Waals surface area contributed by atoms with Gasteiger partial charge < -0.3 is 9.47 Å². The van der Waals surface area contributed by atoms with Crippen molar-refractivity contribution in [2.45, 2.75) is 73.6 Å². The van der Waals surface area contributed by atoms with Crippen LogP contribution >= 0.6 is 0 Å². The standard InChI is InChI=1S/C19H34O4/c1-7-9-11-22-18(20)16(13-14(3)4)17(15(5)6)19(21)23-12-10-8-2/h14-15H,7-13H2,1-6H3/b17-16-. The first-order chi connectivity index (χ1) is 10.8. The fourth-order valence-corrected chi connectivity index (χ4v) is 2.20. The van der Waals surface area contributed by atoms with Gasteiger partial charge in [0.15, 0.2) is 0 Å². The summed E-state index contributed by atoms with van der Waals surface area (Å²) < 4.78 is 10.7. The Balaban J connectivity index is 5.35. The van der Waals surface area contributed by atoms with Gasteiger partial charge in [0.25, 0.3) is 0 Å². The molecule has 0 spiro atoms. The van der Waals surface area contributed by atoms with Gasteiger partial charge in [0.2, 0.25) is 0 Å². The fraction of sp³-hybridized carbons (Fsp3) is 0.789. The number of rotatable bonds is 11. The minimum Gasteiger partial charge on any atom is -0.462 e. The molecule has 0 bridgehead atoms. The summed E-state index contributed by atoms with van der Waals surface area (Å²) >= 11 is 0. The maximum absolute atomic E-state index is 12.4. The van der Waals surface area contributed by atoms with E-state index in [1.807, 2.05) is 41.5 Å². The summed E-state index contributed by atoms with van der Waals surface area (Å²) in [7, 11) is 0. The molecular formula is C19H34O4. The van der Waals surface area contributed by atoms with Crippen molar-refractivity contribution in [3.05, 3.63) is 11.1 Å². The van der Waals surface area contributed by atoms with Gasteiger partial charge in [0.1, 0.15) is 0 Å². The number of ether oxygens (including phenoxy) is 2. The number of hydrogen-bond acceptors (Lipinski definition) is 4. The van der Waals surface area contributed by atoms with Crippen LogP contribution in [0.1, 0.15) is 73.6 Å². The summed E-state index contributed by atoms with van der Waals surface area (Å²) in [6, 6.07) is 0. The molecule has 0 aromatic rings. The lowest BCUT2D eigenvalue weighted by molar-refractivity contribution is -0.143. The molecule has 0 aromatic heterocycles. The van der Waals surface area contributed by atoms with Gasteiger partial charge in [0, 0.05) is 5.57 Å². The van der Waals surface area contributed by atoms with Crippen molar-refractivity contribution in [2.75, 3.05) is 13.2 Å². The number of carbonyl (C=O) groups excluding carboxylic acids is 2. The zero-order chi connectivity index (χ0) is 17.8. The van der Waals surface area contributed by atoms with Crippen molar-refractivity contribution in [3.63, 3.8) is 0 Å². The first-order valence-electron chi connectivity index (χ1n) is 8.92. The molecule has 0 aliphatic rings. The van der Waals surface area contributed by atoms with Crippen LogP contribution < -0.4 is 0 Å². The normalized spacial score (nSPS) is 12.3. The predicted octanol–water partition coefficient (Wildman–Crippen LogP) is 4.67. The molecule has 0 radical (unpaired) electrons. The molecule has 0 aliphatic heterocycles. The highest BCUT2D eigenvalue weighted by Crippen LogP contribution is 2.24. The molecule has 0 amide bonds. The van der Waals surface area contributed by atoms with Gasteiger partial charge in [-0.25, -0.2) is 9.59 Å². The Kier molecular flexibility index (Phi) is 11.4. The Morgan fingerprint density at radius 3 is 1.70 bits per heavy atom. The van der Waals surface area contributed by atoms with E-state index in [2.05, 4.69) is 0 Å². The zero-order valence-corrected chi connectivity index (χ0v) is 15.7. The Hall–Kier alpha value is -1.32. The van der Waals surface area contributed by atoms with Gasteiger partial charge in [-0.2, -0.15) is 0 Å². The van der Waals surface area contributed by atoms with Crippen molar-refractivity contribution in [1.29, 1.82) is 0 Å². The topological polar surface area (TPSA) is 52.6 Å². The van der Waals surface area contributed by atoms with Crippen LogP contribution in [0.4, 0.5) is 0 Å². The van der Waals surface area contributed by atoms with Crippen molar-refractivity contribution >= 4 is 11.9 Å². The number of esters is 2. The Morgan fingerprint density at radius 2 is 1.30 bits per heavy atom. The van der Waals surface area contributed by atoms with E-state index in [-0.39, 0.29) is 23.8 Å². The van der Waals surface area contributed by atoms with Gasteiger partial charge in [-0.15, -0.1) is 0 Å². The smallest absolute Gasteiger partial charge is 0.334 e. The second-order valence-corrected chi connectivity index (χ2v) is 6.62. The zero-order valence-electron chi connectivity index (χ0n) is 15.7. The molecule has 0 fully saturated rings. The van der Waals surface area contributed by atoms with E-state index < -0.39 is 0 Å². The Bertz CT molecular complexity index is 394. The third-order valence-corrected chi connectivity index (χ3v) is 3.44. The van der Waals surface area contributed by atoms with Crippen molar-refractivity contribution in [3.8, 4) is 0 Å². The molecule has 23 heavy (non-hydrogen) atoms. The molecule has 134 valence electrons. The lowest BCUT2D eigenvalue weighted by Crippen LogP contribution is -2.21. The fourth-order valence-electron chi connectivity index (χ4n) is 2.20. The highest BCUT2D eigenvalue weighted by molar-refractivity contribution is 6.00. The monoisotopic (exact) mass is 326 g/mol. The summed E-state index contributed by atoms with van der Waals surface area (Å²) in [6.07, 6.45) is 4.12. The Labute approximate surface area is 141 Å². The highest BCUT2D eigenvalue weighted by Gasteiger charge is 2.26. The first-order valence-corrected chi connectivity index (χ1v) is 8.92. The third-order valence-electron chi connectivity index (χ3n) is 3.44. The summed E-state index contributed by atoms with van der Waals surface area (Å²) in [5.74, 6) is -0.558. The highest BCUT2D eigenvalue weighted by atomic mass is 16.5. The average Bonchev–Trinajstić information content (AvgIpc) is 2.46. The van der Waals surface area contributed by atoms with Crippen molar-refractivity contribution in [1.82, 2.24) is 0 Å². The number of hydrogen-bond donors (Lipinski definition) is 0. The molecule has 0 saturated heterocycles. The maximum atomic E-state index is 12.4. The van der Waals surface area contributed by atoms with Crippen LogP contribution in [0.15, 0.2) is 11.1 Å². The SMILES string of the molecule is CCCCOC(=O)/C(CC(C)C)=C(\C(=O)OCCCC)C(C)C. The maximum Gasteiger partial charge on any atom is 0.334 e. The summed E-state index contributed by atoms with van der Waals surface area (Å²) in [6.45, 7) is 12.8. The third kappa shape index (κ3) is 8.77. The molecule has 0 N–H and O–H groups in total. The van der Waals surface area contributed by atoms with E-state index >= 15 is 0 Å². The number of unbranched alkanes of at least 4 members (excludes halogenated alkanes) is 2. The molecule has 0 aromatic carbocycles. The Morgan fingerprint density at radius 1 is 0.826 bits per heavy atom. The van der Waals surface area contributed by atoms with E-state index in [0.29, 0.717) is 30.8 Å². The molecular weight excluding hydrogens is 292 g/mol. The van der Waals surface area contributed by atoms with E-state index in [1.165, 1.54) is 0 Å². The number of carbonyl (C=O) groups is 2. The molecule has 0 unspecified atom stereocenters. The second kappa shape index (κ2) is 12.1. The summed E-state index contributed by atoms with van der Waals surface area (Å²) in [4.78, 5) is 24.9. The minimum absolute atomic E-state index is 0.0726. The average molecular weight is 326 g/mol. The van der Waals surface area contributed by atoms with E-state index in [1.54, 1.807) is 0 Å². The van der Waals surface area contributed by atoms with E-state index in [9.17, 15) is 9.59 Å². The lowest BCUT2D eigenvalue weighted by Gasteiger charge is -2.18. The lowest BCUT2D eigenvalue weighted by atomic mass is 9.91. The van der Waals surface area contributed by atoms with Gasteiger partial charge in [-0.1, -0.05) is 54.4 Å². The van der Waals surface area contributed by atoms with Crippen LogP contribution in [0, 0.1) is 11.8 Å². The minimum atomic E-state index is -0.378. The van der Waals surface area contributed by atoms with Crippen LogP contribution in [-0.4, -0.2) is 25.2 Å². The van der Waals surface area contributed by atoms with Gasteiger partial charge in [0.05, 0.1) is 18.8 Å². The molecule has 4 heteroatoms. The first kappa shape index (κ1) is 21.7. The van der Waals surface area contributed by atoms with Crippen LogP contribution in [0.2, 0.25) is 0 Å². The van der Waals surface area contributed by atoms with E-state index in [0.717, 1.165) is 25.7 Å². The van der Waals surface area contributed by atoms with Gasteiger partial charge in [-0.3, -0.25) is 0 Å². The van der Waals surface area contributed by atoms with Crippen molar-refractivity contribution in [2.24, 2.45) is 11.8 Å². The summed E-state index contributed by atoms with van der Waals surface area (Å²) in [5.41, 5.74) is 0.948. The second-order valence-electron chi connectivity index (χ2n) is 6.62. The van der Waals surface area contributed by atoms with Gasteiger partial charge in [-0.05, 0) is 31.1 Å².